The SMILES string of the molecule is O=C(Nc1ccc(N2CCOCC2=O)cc1)C1C(O)C(O)CN1C(=O)Nc1ccc(Cl)cc1. The smallest absolute Gasteiger partial charge is 0.322 e. The highest BCUT2D eigenvalue weighted by atomic mass is 35.5. The van der Waals surface area contributed by atoms with Gasteiger partial charge in [0.15, 0.2) is 0 Å². The molecule has 2 aliphatic heterocycles. The highest BCUT2D eigenvalue weighted by molar-refractivity contribution is 6.30. The van der Waals surface area contributed by atoms with E-state index in [1.54, 1.807) is 53.4 Å². The Morgan fingerprint density at radius 1 is 1.00 bits per heavy atom. The van der Waals surface area contributed by atoms with Gasteiger partial charge in [-0.25, -0.2) is 4.79 Å². The summed E-state index contributed by atoms with van der Waals surface area (Å²) >= 11 is 5.85. The molecule has 2 aliphatic rings. The molecule has 0 radical (unpaired) electrons. The van der Waals surface area contributed by atoms with Crippen molar-refractivity contribution in [3.63, 3.8) is 0 Å². The first-order valence-corrected chi connectivity index (χ1v) is 10.7. The number of amides is 4. The molecule has 0 spiro atoms. The number of nitrogens with one attached hydrogen (secondary N) is 2. The van der Waals surface area contributed by atoms with Crippen LogP contribution >= 0.6 is 11.6 Å². The summed E-state index contributed by atoms with van der Waals surface area (Å²) in [6.45, 7) is 0.694. The van der Waals surface area contributed by atoms with Crippen molar-refractivity contribution in [3.05, 3.63) is 53.6 Å². The zero-order valence-corrected chi connectivity index (χ0v) is 18.2. The fourth-order valence-corrected chi connectivity index (χ4v) is 3.91. The number of β-amino-alcohol motifs (C(OH)–C–C–N with tert-alkyl or cyclic N) is 1. The maximum atomic E-state index is 12.9. The number of ether oxygens (including phenoxy) is 1. The molecule has 2 fully saturated rings. The second kappa shape index (κ2) is 9.75. The van der Waals surface area contributed by atoms with E-state index in [4.69, 9.17) is 16.3 Å². The molecular formula is C22H23ClN4O6. The van der Waals surface area contributed by atoms with Crippen LogP contribution in [0.3, 0.4) is 0 Å². The van der Waals surface area contributed by atoms with Crippen LogP contribution in [0, 0.1) is 0 Å². The van der Waals surface area contributed by atoms with Gasteiger partial charge < -0.3 is 35.4 Å². The molecule has 0 aromatic heterocycles. The van der Waals surface area contributed by atoms with E-state index in [2.05, 4.69) is 10.6 Å². The van der Waals surface area contributed by atoms with E-state index in [9.17, 15) is 24.6 Å². The Kier molecular flexibility index (Phi) is 6.80. The van der Waals surface area contributed by atoms with E-state index in [1.165, 1.54) is 0 Å². The van der Waals surface area contributed by atoms with Crippen molar-refractivity contribution in [2.45, 2.75) is 18.2 Å². The summed E-state index contributed by atoms with van der Waals surface area (Å²) in [6.07, 6.45) is -2.72. The lowest BCUT2D eigenvalue weighted by molar-refractivity contribution is -0.125. The van der Waals surface area contributed by atoms with Gasteiger partial charge in [0.05, 0.1) is 13.2 Å². The first-order chi connectivity index (χ1) is 15.8. The number of morpholine rings is 1. The van der Waals surface area contributed by atoms with Gasteiger partial charge in [-0.05, 0) is 48.5 Å². The molecule has 4 amide bonds. The van der Waals surface area contributed by atoms with E-state index >= 15 is 0 Å². The number of hydrogen-bond donors (Lipinski definition) is 4. The zero-order chi connectivity index (χ0) is 23.5. The van der Waals surface area contributed by atoms with Gasteiger partial charge in [-0.3, -0.25) is 9.59 Å². The fraction of sp³-hybridized carbons (Fsp3) is 0.318. The molecule has 174 valence electrons. The number of nitrogens with zero attached hydrogens (tertiary/aromatic N) is 2. The summed E-state index contributed by atoms with van der Waals surface area (Å²) < 4.78 is 5.12. The second-order valence-corrected chi connectivity index (χ2v) is 8.16. The number of aliphatic hydroxyl groups excluding tert-OH is 2. The van der Waals surface area contributed by atoms with Crippen molar-refractivity contribution in [3.8, 4) is 0 Å². The summed E-state index contributed by atoms with van der Waals surface area (Å²) in [6, 6.07) is 11.1. The standard InChI is InChI=1S/C22H23ClN4O6/c23-13-1-3-15(4-2-13)25-22(32)27-11-17(28)20(30)19(27)21(31)24-14-5-7-16(8-6-14)26-9-10-33-12-18(26)29/h1-8,17,19-20,28,30H,9-12H2,(H,24,31)(H,25,32). The minimum Gasteiger partial charge on any atom is -0.388 e. The lowest BCUT2D eigenvalue weighted by atomic mass is 10.1. The average Bonchev–Trinajstić information content (AvgIpc) is 3.11. The van der Waals surface area contributed by atoms with Crippen LogP contribution in [-0.4, -0.2) is 77.5 Å². The topological polar surface area (TPSA) is 131 Å². The number of likely N-dealkylation sites (tertiary alicyclic amines) is 1. The van der Waals surface area contributed by atoms with Crippen LogP contribution in [0.1, 0.15) is 0 Å². The predicted octanol–water partition coefficient (Wildman–Crippen LogP) is 1.28. The average molecular weight is 475 g/mol. The second-order valence-electron chi connectivity index (χ2n) is 7.73. The lowest BCUT2D eigenvalue weighted by Crippen LogP contribution is -2.49. The monoisotopic (exact) mass is 474 g/mol. The fourth-order valence-electron chi connectivity index (χ4n) is 3.78. The molecule has 2 aromatic rings. The Balaban J connectivity index is 1.44. The zero-order valence-electron chi connectivity index (χ0n) is 17.5. The summed E-state index contributed by atoms with van der Waals surface area (Å²) in [5.41, 5.74) is 1.53. The van der Waals surface area contributed by atoms with Crippen LogP contribution in [0.4, 0.5) is 21.9 Å². The Morgan fingerprint density at radius 3 is 2.30 bits per heavy atom. The minimum absolute atomic E-state index is 0.0221. The van der Waals surface area contributed by atoms with Crippen molar-refractivity contribution < 1.29 is 29.3 Å². The molecule has 11 heteroatoms. The molecule has 2 saturated heterocycles. The van der Waals surface area contributed by atoms with Gasteiger partial charge in [-0.2, -0.15) is 0 Å². The Labute approximate surface area is 194 Å². The number of halogens is 1. The van der Waals surface area contributed by atoms with E-state index < -0.39 is 30.2 Å². The van der Waals surface area contributed by atoms with Crippen molar-refractivity contribution in [1.82, 2.24) is 4.90 Å². The third kappa shape index (κ3) is 5.09. The molecule has 3 unspecified atom stereocenters. The molecule has 4 N–H and O–H groups in total. The molecule has 0 aliphatic carbocycles. The van der Waals surface area contributed by atoms with E-state index in [-0.39, 0.29) is 19.1 Å². The van der Waals surface area contributed by atoms with Gasteiger partial charge >= 0.3 is 6.03 Å². The predicted molar refractivity (Wildman–Crippen MR) is 121 cm³/mol. The Hall–Kier alpha value is -3.18. The number of benzene rings is 2. The van der Waals surface area contributed by atoms with Crippen LogP contribution in [-0.2, 0) is 14.3 Å². The van der Waals surface area contributed by atoms with Crippen LogP contribution < -0.4 is 15.5 Å². The number of carbonyl (C=O) groups is 3. The van der Waals surface area contributed by atoms with Crippen LogP contribution in [0.2, 0.25) is 5.02 Å². The maximum absolute atomic E-state index is 12.9. The normalized spacial score (nSPS) is 22.9. The third-order valence-corrected chi connectivity index (χ3v) is 5.75. The van der Waals surface area contributed by atoms with Gasteiger partial charge in [-0.1, -0.05) is 11.6 Å². The Bertz CT molecular complexity index is 1030. The van der Waals surface area contributed by atoms with Gasteiger partial charge in [0.2, 0.25) is 5.91 Å². The molecule has 2 aromatic carbocycles. The number of rotatable bonds is 4. The van der Waals surface area contributed by atoms with Crippen molar-refractivity contribution in [2.75, 3.05) is 41.8 Å². The van der Waals surface area contributed by atoms with Crippen LogP contribution in [0.15, 0.2) is 48.5 Å². The molecule has 10 nitrogen and oxygen atoms in total. The molecule has 4 rings (SSSR count). The first-order valence-electron chi connectivity index (χ1n) is 10.3. The number of hydrogen-bond acceptors (Lipinski definition) is 6. The van der Waals surface area contributed by atoms with E-state index in [0.717, 1.165) is 4.90 Å². The molecule has 33 heavy (non-hydrogen) atoms. The quantitative estimate of drug-likeness (QED) is 0.528. The lowest BCUT2D eigenvalue weighted by Gasteiger charge is -2.27. The van der Waals surface area contributed by atoms with E-state index in [1.807, 2.05) is 0 Å². The van der Waals surface area contributed by atoms with Gasteiger partial charge in [0.1, 0.15) is 24.9 Å². The Morgan fingerprint density at radius 2 is 1.64 bits per heavy atom. The van der Waals surface area contributed by atoms with Crippen molar-refractivity contribution in [1.29, 1.82) is 0 Å². The van der Waals surface area contributed by atoms with Crippen molar-refractivity contribution in [2.24, 2.45) is 0 Å². The van der Waals surface area contributed by atoms with Gasteiger partial charge in [-0.15, -0.1) is 0 Å². The number of urea groups is 1. The minimum atomic E-state index is -1.45. The first kappa shape index (κ1) is 23.0. The van der Waals surface area contributed by atoms with Gasteiger partial charge in [0, 0.05) is 28.6 Å². The summed E-state index contributed by atoms with van der Waals surface area (Å²) in [4.78, 5) is 40.3. The molecular weight excluding hydrogens is 452 g/mol. The number of carbonyl (C=O) groups excluding carboxylic acids is 3. The molecule has 2 heterocycles. The van der Waals surface area contributed by atoms with E-state index in [0.29, 0.717) is 35.2 Å². The van der Waals surface area contributed by atoms with Gasteiger partial charge in [0.25, 0.3) is 5.91 Å². The summed E-state index contributed by atoms with van der Waals surface area (Å²) in [5, 5.41) is 26.2. The maximum Gasteiger partial charge on any atom is 0.322 e. The molecule has 0 saturated carbocycles. The highest BCUT2D eigenvalue weighted by Crippen LogP contribution is 2.24. The number of anilines is 3. The molecule has 0 bridgehead atoms. The summed E-state index contributed by atoms with van der Waals surface area (Å²) in [5.74, 6) is -0.802. The summed E-state index contributed by atoms with van der Waals surface area (Å²) in [7, 11) is 0. The van der Waals surface area contributed by atoms with Crippen LogP contribution in [0.5, 0.6) is 0 Å². The molecule has 3 atom stereocenters. The number of aliphatic hydroxyl groups is 2. The third-order valence-electron chi connectivity index (χ3n) is 5.49. The van der Waals surface area contributed by atoms with Crippen molar-refractivity contribution >= 4 is 46.5 Å². The van der Waals surface area contributed by atoms with Crippen LogP contribution in [0.25, 0.3) is 0 Å². The largest absolute Gasteiger partial charge is 0.388 e. The highest BCUT2D eigenvalue weighted by Gasteiger charge is 2.46.